The Labute approximate surface area is 200 Å². The van der Waals surface area contributed by atoms with Crippen LogP contribution in [0, 0.1) is 11.6 Å². The molecule has 0 atom stereocenters. The van der Waals surface area contributed by atoms with Crippen LogP contribution in [0.1, 0.15) is 30.5 Å². The van der Waals surface area contributed by atoms with Gasteiger partial charge >= 0.3 is 6.03 Å². The van der Waals surface area contributed by atoms with E-state index in [0.29, 0.717) is 17.4 Å². The van der Waals surface area contributed by atoms with Crippen molar-refractivity contribution in [3.05, 3.63) is 76.8 Å². The Morgan fingerprint density at radius 1 is 0.912 bits per heavy atom. The van der Waals surface area contributed by atoms with E-state index in [0.717, 1.165) is 36.9 Å². The molecule has 0 aliphatic heterocycles. The molecule has 34 heavy (non-hydrogen) atoms. The number of halogens is 2. The maximum Gasteiger partial charge on any atom is 0.325 e. The molecule has 3 rings (SSSR count). The third-order valence-electron chi connectivity index (χ3n) is 4.72. The molecule has 10 heteroatoms. The lowest BCUT2D eigenvalue weighted by atomic mass is 10.1. The number of carbonyl (C=O) groups is 2. The van der Waals surface area contributed by atoms with Crippen LogP contribution in [0.3, 0.4) is 0 Å². The molecule has 180 valence electrons. The number of thiazole rings is 1. The zero-order chi connectivity index (χ0) is 24.2. The zero-order valence-electron chi connectivity index (χ0n) is 18.5. The van der Waals surface area contributed by atoms with Gasteiger partial charge in [0.2, 0.25) is 5.91 Å². The first-order chi connectivity index (χ1) is 16.5. The molecular weight excluding hydrogens is 462 g/mol. The molecular formula is C24H26F2N4O3S. The highest BCUT2D eigenvalue weighted by Crippen LogP contribution is 2.18. The molecule has 3 N–H and O–H groups in total. The summed E-state index contributed by atoms with van der Waals surface area (Å²) < 4.78 is 31.1. The second kappa shape index (κ2) is 13.4. The molecule has 1 heterocycles. The maximum absolute atomic E-state index is 12.9. The largest absolute Gasteiger partial charge is 0.367 e. The van der Waals surface area contributed by atoms with Crippen molar-refractivity contribution in [1.82, 2.24) is 10.3 Å². The van der Waals surface area contributed by atoms with E-state index in [2.05, 4.69) is 20.9 Å². The van der Waals surface area contributed by atoms with Crippen molar-refractivity contribution in [3.63, 3.8) is 0 Å². The predicted molar refractivity (Wildman–Crippen MR) is 128 cm³/mol. The summed E-state index contributed by atoms with van der Waals surface area (Å²) in [6, 6.07) is 11.0. The number of nitrogens with zero attached hydrogens (tertiary/aromatic N) is 1. The molecule has 0 saturated carbocycles. The molecule has 0 radical (unpaired) electrons. The third-order valence-corrected chi connectivity index (χ3v) is 5.53. The second-order valence-electron chi connectivity index (χ2n) is 7.51. The van der Waals surface area contributed by atoms with Gasteiger partial charge in [-0.05, 0) is 61.2 Å². The fourth-order valence-corrected chi connectivity index (χ4v) is 3.74. The van der Waals surface area contributed by atoms with Gasteiger partial charge in [0.05, 0.1) is 12.3 Å². The van der Waals surface area contributed by atoms with Gasteiger partial charge in [0.25, 0.3) is 0 Å². The van der Waals surface area contributed by atoms with Crippen molar-refractivity contribution in [2.45, 2.75) is 32.3 Å². The van der Waals surface area contributed by atoms with Gasteiger partial charge in [0, 0.05) is 17.6 Å². The lowest BCUT2D eigenvalue weighted by Gasteiger charge is -2.06. The van der Waals surface area contributed by atoms with Gasteiger partial charge in [-0.25, -0.2) is 18.6 Å². The molecule has 0 aliphatic rings. The van der Waals surface area contributed by atoms with E-state index in [1.165, 1.54) is 47.7 Å². The number of rotatable bonds is 12. The number of nitrogens with one attached hydrogen (secondary N) is 3. The van der Waals surface area contributed by atoms with Crippen molar-refractivity contribution in [1.29, 1.82) is 0 Å². The smallest absolute Gasteiger partial charge is 0.325 e. The zero-order valence-corrected chi connectivity index (χ0v) is 19.3. The normalized spacial score (nSPS) is 10.6. The number of ether oxygens (including phenoxy) is 1. The highest BCUT2D eigenvalue weighted by Gasteiger charge is 2.07. The molecule has 1 aromatic heterocycles. The first-order valence-corrected chi connectivity index (χ1v) is 11.7. The van der Waals surface area contributed by atoms with Crippen molar-refractivity contribution >= 4 is 34.1 Å². The minimum absolute atomic E-state index is 0.0410. The highest BCUT2D eigenvalue weighted by molar-refractivity contribution is 7.13. The summed E-state index contributed by atoms with van der Waals surface area (Å²) in [5.74, 6) is -0.860. The number of hydrogen-bond acceptors (Lipinski definition) is 5. The molecule has 0 unspecified atom stereocenters. The lowest BCUT2D eigenvalue weighted by Crippen LogP contribution is -2.28. The van der Waals surface area contributed by atoms with E-state index in [1.807, 2.05) is 5.38 Å². The van der Waals surface area contributed by atoms with Crippen molar-refractivity contribution in [2.24, 2.45) is 0 Å². The number of aromatic nitrogens is 1. The monoisotopic (exact) mass is 488 g/mol. The molecule has 7 nitrogen and oxygen atoms in total. The van der Waals surface area contributed by atoms with E-state index < -0.39 is 6.03 Å². The van der Waals surface area contributed by atoms with Crippen LogP contribution in [-0.2, 0) is 22.6 Å². The van der Waals surface area contributed by atoms with Crippen LogP contribution < -0.4 is 16.0 Å². The van der Waals surface area contributed by atoms with Crippen molar-refractivity contribution in [3.8, 4) is 0 Å². The Bertz CT molecular complexity index is 1060. The fraction of sp³-hybridized carbons (Fsp3) is 0.292. The van der Waals surface area contributed by atoms with E-state index in [-0.39, 0.29) is 30.8 Å². The quantitative estimate of drug-likeness (QED) is 0.309. The molecule has 0 aliphatic carbocycles. The summed E-state index contributed by atoms with van der Waals surface area (Å²) >= 11 is 1.34. The number of hydrogen-bond donors (Lipinski definition) is 3. The number of benzene rings is 2. The molecule has 0 spiro atoms. The van der Waals surface area contributed by atoms with Crippen LogP contribution in [0.25, 0.3) is 0 Å². The average molecular weight is 489 g/mol. The molecule has 3 amide bonds. The Kier molecular flexibility index (Phi) is 9.93. The average Bonchev–Trinajstić information content (AvgIpc) is 3.26. The standard InChI is InChI=1S/C24H26F2N4O3S/c25-18-7-5-17(6-8-18)14-33-15-22(31)27-13-3-1-2-4-21-16-34-24(29-21)30-23(32)28-20-11-9-19(26)10-12-20/h5-12,16H,1-4,13-15H2,(H,27,31)(H2,28,29,30,32). The predicted octanol–water partition coefficient (Wildman–Crippen LogP) is 5.11. The van der Waals surface area contributed by atoms with Gasteiger partial charge in [0.1, 0.15) is 18.2 Å². The van der Waals surface area contributed by atoms with Gasteiger partial charge in [-0.3, -0.25) is 10.1 Å². The van der Waals surface area contributed by atoms with Crippen molar-refractivity contribution < 1.29 is 23.1 Å². The van der Waals surface area contributed by atoms with Gasteiger partial charge in [-0.15, -0.1) is 11.3 Å². The maximum atomic E-state index is 12.9. The molecule has 0 saturated heterocycles. The molecule has 0 bridgehead atoms. The Hall–Kier alpha value is -3.37. The summed E-state index contributed by atoms with van der Waals surface area (Å²) in [5.41, 5.74) is 2.19. The number of anilines is 2. The third kappa shape index (κ3) is 9.24. The van der Waals surface area contributed by atoms with Crippen LogP contribution in [-0.4, -0.2) is 30.1 Å². The Balaban J connectivity index is 1.23. The number of unbranched alkanes of at least 4 members (excludes halogenated alkanes) is 2. The summed E-state index contributed by atoms with van der Waals surface area (Å²) in [6.45, 7) is 0.777. The summed E-state index contributed by atoms with van der Waals surface area (Å²) in [4.78, 5) is 28.2. The van der Waals surface area contributed by atoms with Crippen molar-refractivity contribution in [2.75, 3.05) is 23.8 Å². The van der Waals surface area contributed by atoms with Crippen LogP contribution in [0.2, 0.25) is 0 Å². The number of urea groups is 1. The highest BCUT2D eigenvalue weighted by atomic mass is 32.1. The van der Waals surface area contributed by atoms with Crippen LogP contribution in [0.4, 0.5) is 24.4 Å². The van der Waals surface area contributed by atoms with Gasteiger partial charge in [-0.1, -0.05) is 18.6 Å². The Morgan fingerprint density at radius 3 is 2.35 bits per heavy atom. The number of amides is 3. The first kappa shape index (κ1) is 25.3. The Morgan fingerprint density at radius 2 is 1.62 bits per heavy atom. The topological polar surface area (TPSA) is 92.4 Å². The minimum Gasteiger partial charge on any atom is -0.367 e. The summed E-state index contributed by atoms with van der Waals surface area (Å²) in [6.07, 6.45) is 3.43. The van der Waals surface area contributed by atoms with Crippen LogP contribution in [0.5, 0.6) is 0 Å². The van der Waals surface area contributed by atoms with E-state index in [9.17, 15) is 18.4 Å². The van der Waals surface area contributed by atoms with E-state index in [4.69, 9.17) is 4.74 Å². The lowest BCUT2D eigenvalue weighted by molar-refractivity contribution is -0.126. The fourth-order valence-electron chi connectivity index (χ4n) is 3.00. The molecule has 3 aromatic rings. The number of carbonyl (C=O) groups excluding carboxylic acids is 2. The minimum atomic E-state index is -0.440. The van der Waals surface area contributed by atoms with Crippen LogP contribution in [0.15, 0.2) is 53.9 Å². The van der Waals surface area contributed by atoms with Gasteiger partial charge in [0.15, 0.2) is 5.13 Å². The summed E-state index contributed by atoms with van der Waals surface area (Å²) in [7, 11) is 0. The SMILES string of the molecule is O=C(COCc1ccc(F)cc1)NCCCCCc1csc(NC(=O)Nc2ccc(F)cc2)n1. The second-order valence-corrected chi connectivity index (χ2v) is 8.37. The first-order valence-electron chi connectivity index (χ1n) is 10.8. The van der Waals surface area contributed by atoms with Crippen LogP contribution >= 0.6 is 11.3 Å². The van der Waals surface area contributed by atoms with E-state index >= 15 is 0 Å². The van der Waals surface area contributed by atoms with Gasteiger partial charge < -0.3 is 15.4 Å². The molecule has 2 aromatic carbocycles. The number of aryl methyl sites for hydroxylation is 1. The molecule has 0 fully saturated rings. The summed E-state index contributed by atoms with van der Waals surface area (Å²) in [5, 5.41) is 10.5. The van der Waals surface area contributed by atoms with Gasteiger partial charge in [-0.2, -0.15) is 0 Å². The van der Waals surface area contributed by atoms with E-state index in [1.54, 1.807) is 12.1 Å².